The third-order valence-corrected chi connectivity index (χ3v) is 11.3. The van der Waals surface area contributed by atoms with Gasteiger partial charge >= 0.3 is 12.1 Å². The summed E-state index contributed by atoms with van der Waals surface area (Å²) in [6.07, 6.45) is 2.04. The Morgan fingerprint density at radius 2 is 1.60 bits per heavy atom. The zero-order chi connectivity index (χ0) is 50.5. The van der Waals surface area contributed by atoms with Gasteiger partial charge in [-0.15, -0.1) is 0 Å². The van der Waals surface area contributed by atoms with Crippen LogP contribution in [0.3, 0.4) is 0 Å². The molecule has 3 aromatic carbocycles. The molecule has 0 aliphatic carbocycles. The number of aliphatic hydroxyl groups excluding tert-OH is 3. The highest BCUT2D eigenvalue weighted by Crippen LogP contribution is 2.33. The second kappa shape index (κ2) is 24.3. The fourth-order valence-electron chi connectivity index (χ4n) is 7.65. The molecule has 3 atom stereocenters. The first kappa shape index (κ1) is 52.1. The Hall–Kier alpha value is -7.30. The van der Waals surface area contributed by atoms with Gasteiger partial charge < -0.3 is 55.1 Å². The highest BCUT2D eigenvalue weighted by molar-refractivity contribution is 6.13. The van der Waals surface area contributed by atoms with Gasteiger partial charge in [0.15, 0.2) is 5.82 Å². The SMILES string of the molecule is CCCCc1nc2c(NC(=O)OCc3ccc(O)c(NC(=O)CCNC(=O)CCN4C(=O)C=CC4=O)c3)nc3cc(C(=O)O)ccc3c2n1Cc1ccc(CN(C)C)cc1.OCC1CC(O)C(O)CO1. The molecule has 2 aliphatic heterocycles. The monoisotopic (exact) mass is 966 g/mol. The van der Waals surface area contributed by atoms with E-state index in [0.717, 1.165) is 47.8 Å². The molecule has 372 valence electrons. The number of hydrogen-bond donors (Lipinski definition) is 8. The van der Waals surface area contributed by atoms with Gasteiger partial charge in [-0.1, -0.05) is 43.7 Å². The number of aryl methyl sites for hydroxylation is 1. The number of aliphatic hydroxyl groups is 3. The molecular formula is C49H58N8O13. The first-order valence-corrected chi connectivity index (χ1v) is 22.8. The van der Waals surface area contributed by atoms with Crippen molar-refractivity contribution in [3.05, 3.63) is 101 Å². The summed E-state index contributed by atoms with van der Waals surface area (Å²) in [6.45, 7) is 3.00. The van der Waals surface area contributed by atoms with Crippen LogP contribution in [0.15, 0.2) is 72.8 Å². The van der Waals surface area contributed by atoms with Crippen LogP contribution in [-0.4, -0.2) is 144 Å². The Balaban J connectivity index is 0.000000714. The zero-order valence-corrected chi connectivity index (χ0v) is 39.1. The fraction of sp³-hybridized carbons (Fsp3) is 0.388. The van der Waals surface area contributed by atoms with E-state index in [1.54, 1.807) is 6.07 Å². The first-order valence-electron chi connectivity index (χ1n) is 22.8. The quantitative estimate of drug-likeness (QED) is 0.0434. The highest BCUT2D eigenvalue weighted by Gasteiger charge is 2.28. The summed E-state index contributed by atoms with van der Waals surface area (Å²) in [4.78, 5) is 86.1. The van der Waals surface area contributed by atoms with Crippen LogP contribution < -0.4 is 16.0 Å². The highest BCUT2D eigenvalue weighted by atomic mass is 16.5. The number of phenols is 1. The maximum absolute atomic E-state index is 13.4. The number of carboxylic acid groups (broad SMARTS) is 1. The maximum Gasteiger partial charge on any atom is 0.413 e. The molecule has 0 bridgehead atoms. The summed E-state index contributed by atoms with van der Waals surface area (Å²) in [7, 11) is 4.02. The van der Waals surface area contributed by atoms with Gasteiger partial charge in [0.05, 0.1) is 47.7 Å². The van der Waals surface area contributed by atoms with Crippen molar-refractivity contribution in [2.45, 2.75) is 83.5 Å². The van der Waals surface area contributed by atoms with Gasteiger partial charge in [-0.05, 0) is 67.5 Å². The number of carboxylic acids is 1. The molecule has 5 amide bonds. The number of aromatic hydroxyl groups is 1. The Kier molecular flexibility index (Phi) is 18.1. The number of aromatic carboxylic acids is 1. The van der Waals surface area contributed by atoms with Crippen LogP contribution >= 0.6 is 0 Å². The summed E-state index contributed by atoms with van der Waals surface area (Å²) < 4.78 is 12.6. The zero-order valence-electron chi connectivity index (χ0n) is 39.1. The van der Waals surface area contributed by atoms with E-state index in [1.807, 2.05) is 14.1 Å². The summed E-state index contributed by atoms with van der Waals surface area (Å²) in [5.41, 5.74) is 4.15. The van der Waals surface area contributed by atoms with Crippen LogP contribution in [0.4, 0.5) is 16.3 Å². The van der Waals surface area contributed by atoms with E-state index in [-0.39, 0.29) is 74.7 Å². The lowest BCUT2D eigenvalue weighted by Gasteiger charge is -2.29. The molecule has 8 N–H and O–H groups in total. The average molecular weight is 967 g/mol. The number of benzene rings is 3. The standard InChI is InChI=1S/C43H46N8O9.C6H12O4/c1-4-5-6-34-47-39-40(51(34)24-27-9-7-26(8-10-27)23-49(2)3)30-13-12-29(42(57)58)22-31(30)46-41(39)48-43(59)60-25-28-11-14-33(52)32(21-28)45-36(54)17-19-44-35(53)18-20-50-37(55)15-16-38(50)56;7-2-4-1-5(8)6(9)3-10-4/h7-16,21-22,52H,4-6,17-20,23-25H2,1-3H3,(H,44,53)(H,45,54)(H,57,58)(H,46,48,59);4-9H,1-3H2. The molecular weight excluding hydrogens is 909 g/mol. The Morgan fingerprint density at radius 1 is 0.886 bits per heavy atom. The predicted molar refractivity (Wildman–Crippen MR) is 256 cm³/mol. The van der Waals surface area contributed by atoms with Crippen molar-refractivity contribution in [2.24, 2.45) is 0 Å². The smallest absolute Gasteiger partial charge is 0.413 e. The third kappa shape index (κ3) is 13.9. The van der Waals surface area contributed by atoms with Gasteiger partial charge in [0.2, 0.25) is 11.8 Å². The Labute approximate surface area is 402 Å². The third-order valence-electron chi connectivity index (χ3n) is 11.3. The Bertz CT molecular complexity index is 2720. The molecule has 1 fully saturated rings. The summed E-state index contributed by atoms with van der Waals surface area (Å²) in [6, 6.07) is 17.3. The topological polar surface area (TPSA) is 295 Å². The summed E-state index contributed by atoms with van der Waals surface area (Å²) in [5, 5.41) is 55.2. The number of unbranched alkanes of at least 4 members (excludes halogenated alkanes) is 1. The van der Waals surface area contributed by atoms with Gasteiger partial charge in [0, 0.05) is 69.4 Å². The number of phenolic OH excluding ortho intramolecular Hbond substituents is 1. The van der Waals surface area contributed by atoms with E-state index in [2.05, 4.69) is 61.6 Å². The van der Waals surface area contributed by atoms with Crippen molar-refractivity contribution < 1.29 is 63.8 Å². The lowest BCUT2D eigenvalue weighted by molar-refractivity contribution is -0.137. The number of aromatic nitrogens is 3. The molecule has 7 rings (SSSR count). The van der Waals surface area contributed by atoms with Crippen molar-refractivity contribution in [1.82, 2.24) is 29.7 Å². The number of imidazole rings is 1. The lowest BCUT2D eigenvalue weighted by Crippen LogP contribution is -2.42. The van der Waals surface area contributed by atoms with E-state index >= 15 is 0 Å². The van der Waals surface area contributed by atoms with Gasteiger partial charge in [-0.2, -0.15) is 0 Å². The normalized spacial score (nSPS) is 16.6. The number of nitrogens with one attached hydrogen (secondary N) is 3. The molecule has 0 saturated carbocycles. The summed E-state index contributed by atoms with van der Waals surface area (Å²) >= 11 is 0. The van der Waals surface area contributed by atoms with E-state index in [0.29, 0.717) is 46.9 Å². The van der Waals surface area contributed by atoms with Crippen LogP contribution in [0, 0.1) is 0 Å². The molecule has 2 aliphatic rings. The van der Waals surface area contributed by atoms with Crippen molar-refractivity contribution >= 4 is 69.1 Å². The Morgan fingerprint density at radius 3 is 2.27 bits per heavy atom. The largest absolute Gasteiger partial charge is 0.506 e. The number of carbonyl (C=O) groups excluding carboxylic acids is 5. The number of anilines is 2. The van der Waals surface area contributed by atoms with Crippen LogP contribution in [0.2, 0.25) is 0 Å². The minimum absolute atomic E-state index is 0.0277. The van der Waals surface area contributed by atoms with Crippen LogP contribution in [-0.2, 0) is 54.8 Å². The minimum Gasteiger partial charge on any atom is -0.506 e. The van der Waals surface area contributed by atoms with E-state index in [9.17, 15) is 39.0 Å². The molecule has 1 saturated heterocycles. The van der Waals surface area contributed by atoms with Gasteiger partial charge in [-0.3, -0.25) is 29.4 Å². The van der Waals surface area contributed by atoms with Crippen molar-refractivity contribution in [3.8, 4) is 5.75 Å². The molecule has 70 heavy (non-hydrogen) atoms. The lowest BCUT2D eigenvalue weighted by atomic mass is 10.0. The number of fused-ring (bicyclic) bond motifs is 3. The molecule has 4 heterocycles. The fourth-order valence-corrected chi connectivity index (χ4v) is 7.65. The second-order valence-corrected chi connectivity index (χ2v) is 17.1. The van der Waals surface area contributed by atoms with Crippen LogP contribution in [0.5, 0.6) is 5.75 Å². The predicted octanol–water partition coefficient (Wildman–Crippen LogP) is 3.44. The van der Waals surface area contributed by atoms with Crippen molar-refractivity contribution in [3.63, 3.8) is 0 Å². The summed E-state index contributed by atoms with van der Waals surface area (Å²) in [5.74, 6) is -2.45. The van der Waals surface area contributed by atoms with Gasteiger partial charge in [0.1, 0.15) is 29.8 Å². The molecule has 0 spiro atoms. The molecule has 0 radical (unpaired) electrons. The number of ether oxygens (including phenoxy) is 2. The molecule has 3 unspecified atom stereocenters. The van der Waals surface area contributed by atoms with Crippen molar-refractivity contribution in [1.29, 1.82) is 0 Å². The number of amides is 5. The van der Waals surface area contributed by atoms with Crippen LogP contribution in [0.25, 0.3) is 21.9 Å². The van der Waals surface area contributed by atoms with Gasteiger partial charge in [0.25, 0.3) is 11.8 Å². The number of nitrogens with zero attached hydrogens (tertiary/aromatic N) is 5. The first-order chi connectivity index (χ1) is 33.5. The van der Waals surface area contributed by atoms with Crippen molar-refractivity contribution in [2.75, 3.05) is 51.0 Å². The van der Waals surface area contributed by atoms with Crippen LogP contribution in [0.1, 0.15) is 71.9 Å². The average Bonchev–Trinajstić information content (AvgIpc) is 3.86. The number of pyridine rings is 1. The molecule has 21 nitrogen and oxygen atoms in total. The number of rotatable bonds is 19. The van der Waals surface area contributed by atoms with E-state index < -0.39 is 47.9 Å². The number of carbonyl (C=O) groups is 6. The molecule has 5 aromatic rings. The van der Waals surface area contributed by atoms with E-state index in [1.165, 1.54) is 35.9 Å². The minimum atomic E-state index is -1.13. The maximum atomic E-state index is 13.4. The molecule has 2 aromatic heterocycles. The number of imide groups is 1. The van der Waals surface area contributed by atoms with E-state index in [4.69, 9.17) is 29.8 Å². The second-order valence-electron chi connectivity index (χ2n) is 17.1. The van der Waals surface area contributed by atoms with Gasteiger partial charge in [-0.25, -0.2) is 19.6 Å². The molecule has 21 heteroatoms. The number of hydrogen-bond acceptors (Lipinski definition) is 15.